The fourth-order valence-electron chi connectivity index (χ4n) is 1.84. The first-order valence-corrected chi connectivity index (χ1v) is 6.15. The molecule has 0 aliphatic carbocycles. The normalized spacial score (nSPS) is 12.5. The number of rotatable bonds is 6. The summed E-state index contributed by atoms with van der Waals surface area (Å²) < 4.78 is 0. The Morgan fingerprint density at radius 3 is 2.60 bits per heavy atom. The summed E-state index contributed by atoms with van der Waals surface area (Å²) in [4.78, 5) is 0. The van der Waals surface area contributed by atoms with E-state index in [4.69, 9.17) is 0 Å². The van der Waals surface area contributed by atoms with Crippen molar-refractivity contribution in [2.24, 2.45) is 0 Å². The summed E-state index contributed by atoms with van der Waals surface area (Å²) in [5.74, 6) is 0. The SMILES string of the molecule is CCCC(CC)Nc1cccc(CC)c1. The molecule has 0 spiro atoms. The van der Waals surface area contributed by atoms with Gasteiger partial charge in [0, 0.05) is 11.7 Å². The highest BCUT2D eigenvalue weighted by Gasteiger charge is 2.04. The van der Waals surface area contributed by atoms with E-state index in [0.717, 1.165) is 6.42 Å². The predicted molar refractivity (Wildman–Crippen MR) is 68.4 cm³/mol. The molecule has 1 unspecified atom stereocenters. The molecule has 1 atom stereocenters. The molecule has 0 bridgehead atoms. The summed E-state index contributed by atoms with van der Waals surface area (Å²) >= 11 is 0. The van der Waals surface area contributed by atoms with Gasteiger partial charge in [0.1, 0.15) is 0 Å². The lowest BCUT2D eigenvalue weighted by molar-refractivity contribution is 0.623. The summed E-state index contributed by atoms with van der Waals surface area (Å²) in [6.07, 6.45) is 4.82. The lowest BCUT2D eigenvalue weighted by Gasteiger charge is -2.17. The number of hydrogen-bond acceptors (Lipinski definition) is 1. The fourth-order valence-corrected chi connectivity index (χ4v) is 1.84. The van der Waals surface area contributed by atoms with Gasteiger partial charge in [0.05, 0.1) is 0 Å². The van der Waals surface area contributed by atoms with E-state index in [9.17, 15) is 0 Å². The summed E-state index contributed by atoms with van der Waals surface area (Å²) in [7, 11) is 0. The minimum Gasteiger partial charge on any atom is -0.382 e. The van der Waals surface area contributed by atoms with E-state index < -0.39 is 0 Å². The maximum Gasteiger partial charge on any atom is 0.0345 e. The largest absolute Gasteiger partial charge is 0.382 e. The Bertz CT molecular complexity index is 280. The van der Waals surface area contributed by atoms with E-state index >= 15 is 0 Å². The number of hydrogen-bond donors (Lipinski definition) is 1. The van der Waals surface area contributed by atoms with Crippen LogP contribution in [0.5, 0.6) is 0 Å². The quantitative estimate of drug-likeness (QED) is 0.732. The predicted octanol–water partition coefficient (Wildman–Crippen LogP) is 4.24. The zero-order valence-electron chi connectivity index (χ0n) is 10.2. The van der Waals surface area contributed by atoms with Crippen LogP contribution in [0.2, 0.25) is 0 Å². The molecule has 1 nitrogen and oxygen atoms in total. The van der Waals surface area contributed by atoms with Crippen LogP contribution in [-0.4, -0.2) is 6.04 Å². The van der Waals surface area contributed by atoms with Crippen molar-refractivity contribution in [3.05, 3.63) is 29.8 Å². The molecule has 0 fully saturated rings. The van der Waals surface area contributed by atoms with Crippen LogP contribution in [0.4, 0.5) is 5.69 Å². The van der Waals surface area contributed by atoms with E-state index in [0.29, 0.717) is 6.04 Å². The highest BCUT2D eigenvalue weighted by Crippen LogP contribution is 2.15. The number of nitrogens with one attached hydrogen (secondary N) is 1. The number of aryl methyl sites for hydroxylation is 1. The monoisotopic (exact) mass is 205 g/mol. The van der Waals surface area contributed by atoms with Crippen LogP contribution in [0.3, 0.4) is 0 Å². The molecular formula is C14H23N. The van der Waals surface area contributed by atoms with Gasteiger partial charge in [-0.1, -0.05) is 39.3 Å². The molecule has 0 aliphatic heterocycles. The van der Waals surface area contributed by atoms with Crippen molar-refractivity contribution in [2.45, 2.75) is 52.5 Å². The van der Waals surface area contributed by atoms with Crippen LogP contribution < -0.4 is 5.32 Å². The molecule has 0 saturated heterocycles. The van der Waals surface area contributed by atoms with Crippen LogP contribution in [0.25, 0.3) is 0 Å². The van der Waals surface area contributed by atoms with Crippen molar-refractivity contribution < 1.29 is 0 Å². The molecule has 0 aliphatic rings. The second kappa shape index (κ2) is 6.49. The molecule has 1 aromatic carbocycles. The maximum atomic E-state index is 3.60. The van der Waals surface area contributed by atoms with Gasteiger partial charge in [-0.05, 0) is 37.0 Å². The van der Waals surface area contributed by atoms with Crippen LogP contribution in [0.1, 0.15) is 45.6 Å². The molecule has 0 radical (unpaired) electrons. The van der Waals surface area contributed by atoms with Gasteiger partial charge in [-0.25, -0.2) is 0 Å². The molecule has 1 heteroatoms. The Balaban J connectivity index is 2.61. The van der Waals surface area contributed by atoms with Crippen molar-refractivity contribution in [1.82, 2.24) is 0 Å². The van der Waals surface area contributed by atoms with Crippen molar-refractivity contribution in [1.29, 1.82) is 0 Å². The molecule has 1 aromatic rings. The maximum absolute atomic E-state index is 3.60. The smallest absolute Gasteiger partial charge is 0.0345 e. The Morgan fingerprint density at radius 2 is 2.00 bits per heavy atom. The molecule has 15 heavy (non-hydrogen) atoms. The van der Waals surface area contributed by atoms with E-state index in [1.807, 2.05) is 0 Å². The van der Waals surface area contributed by atoms with Gasteiger partial charge in [0.25, 0.3) is 0 Å². The van der Waals surface area contributed by atoms with Gasteiger partial charge in [0.2, 0.25) is 0 Å². The summed E-state index contributed by atoms with van der Waals surface area (Å²) in [6.45, 7) is 6.69. The van der Waals surface area contributed by atoms with Gasteiger partial charge in [-0.15, -0.1) is 0 Å². The third-order valence-electron chi connectivity index (χ3n) is 2.84. The van der Waals surface area contributed by atoms with Crippen LogP contribution in [0.15, 0.2) is 24.3 Å². The van der Waals surface area contributed by atoms with Gasteiger partial charge in [-0.2, -0.15) is 0 Å². The first-order valence-electron chi connectivity index (χ1n) is 6.15. The van der Waals surface area contributed by atoms with E-state index in [1.54, 1.807) is 0 Å². The standard InChI is InChI=1S/C14H23N/c1-4-8-13(6-3)15-14-10-7-9-12(5-2)11-14/h7,9-11,13,15H,4-6,8H2,1-3H3. The number of anilines is 1. The summed E-state index contributed by atoms with van der Waals surface area (Å²) in [6, 6.07) is 9.38. The highest BCUT2D eigenvalue weighted by molar-refractivity contribution is 5.46. The second-order valence-electron chi connectivity index (χ2n) is 4.09. The van der Waals surface area contributed by atoms with Gasteiger partial charge >= 0.3 is 0 Å². The van der Waals surface area contributed by atoms with Gasteiger partial charge < -0.3 is 5.32 Å². The average molecular weight is 205 g/mol. The molecular weight excluding hydrogens is 182 g/mol. The first kappa shape index (κ1) is 12.1. The Labute approximate surface area is 93.9 Å². The van der Waals surface area contributed by atoms with Crippen LogP contribution in [-0.2, 0) is 6.42 Å². The third kappa shape index (κ3) is 3.94. The minimum absolute atomic E-state index is 0.627. The van der Waals surface area contributed by atoms with Crippen LogP contribution >= 0.6 is 0 Å². The van der Waals surface area contributed by atoms with Crippen molar-refractivity contribution in [3.8, 4) is 0 Å². The zero-order valence-corrected chi connectivity index (χ0v) is 10.2. The molecule has 0 amide bonds. The molecule has 0 saturated carbocycles. The van der Waals surface area contributed by atoms with Gasteiger partial charge in [-0.3, -0.25) is 0 Å². The van der Waals surface area contributed by atoms with Gasteiger partial charge in [0.15, 0.2) is 0 Å². The van der Waals surface area contributed by atoms with E-state index in [1.165, 1.54) is 30.5 Å². The molecule has 0 heterocycles. The van der Waals surface area contributed by atoms with E-state index in [2.05, 4.69) is 50.4 Å². The number of benzene rings is 1. The molecule has 0 aromatic heterocycles. The second-order valence-corrected chi connectivity index (χ2v) is 4.09. The lowest BCUT2D eigenvalue weighted by atomic mass is 10.1. The zero-order chi connectivity index (χ0) is 11.1. The molecule has 84 valence electrons. The average Bonchev–Trinajstić information content (AvgIpc) is 2.29. The lowest BCUT2D eigenvalue weighted by Crippen LogP contribution is -2.17. The highest BCUT2D eigenvalue weighted by atomic mass is 14.9. The Hall–Kier alpha value is -0.980. The summed E-state index contributed by atoms with van der Waals surface area (Å²) in [5.41, 5.74) is 2.68. The fraction of sp³-hybridized carbons (Fsp3) is 0.571. The Kier molecular flexibility index (Phi) is 5.23. The Morgan fingerprint density at radius 1 is 1.20 bits per heavy atom. The van der Waals surface area contributed by atoms with Crippen molar-refractivity contribution >= 4 is 5.69 Å². The topological polar surface area (TPSA) is 12.0 Å². The van der Waals surface area contributed by atoms with Crippen molar-refractivity contribution in [2.75, 3.05) is 5.32 Å². The van der Waals surface area contributed by atoms with E-state index in [-0.39, 0.29) is 0 Å². The first-order chi connectivity index (χ1) is 7.30. The molecule has 1 rings (SSSR count). The van der Waals surface area contributed by atoms with Crippen LogP contribution in [0, 0.1) is 0 Å². The van der Waals surface area contributed by atoms with Crippen molar-refractivity contribution in [3.63, 3.8) is 0 Å². The molecule has 1 N–H and O–H groups in total. The summed E-state index contributed by atoms with van der Waals surface area (Å²) in [5, 5.41) is 3.60. The minimum atomic E-state index is 0.627. The third-order valence-corrected chi connectivity index (χ3v) is 2.84.